The number of allylic oxidation sites excluding steroid dienone is 5. The number of cyclic esters (lactones) is 1. The number of methoxy groups -OCH3 is 2. The number of esters is 1. The number of ketones is 2. The van der Waals surface area contributed by atoms with Crippen LogP contribution in [-0.4, -0.2) is 119 Å². The number of aliphatic hydroxyl groups is 3. The van der Waals surface area contributed by atoms with Crippen LogP contribution in [0.1, 0.15) is 126 Å². The normalized spacial score (nSPS) is 39.4. The molecule has 13 heteroatoms. The van der Waals surface area contributed by atoms with Gasteiger partial charge >= 0.3 is 5.97 Å². The van der Waals surface area contributed by atoms with Gasteiger partial charge < -0.3 is 43.9 Å². The van der Waals surface area contributed by atoms with Crippen molar-refractivity contribution in [2.24, 2.45) is 29.6 Å². The minimum Gasteiger partial charge on any atom is -0.493 e. The van der Waals surface area contributed by atoms with Crippen LogP contribution in [-0.2, 0) is 42.9 Å². The highest BCUT2D eigenvalue weighted by atomic mass is 16.7. The molecule has 3 fully saturated rings. The first-order valence-electron chi connectivity index (χ1n) is 21.9. The van der Waals surface area contributed by atoms with Gasteiger partial charge in [0.1, 0.15) is 30.1 Å². The average Bonchev–Trinajstić information content (AvgIpc) is 3.21. The second-order valence-corrected chi connectivity index (χ2v) is 17.9. The van der Waals surface area contributed by atoms with Crippen LogP contribution in [0.5, 0.6) is 0 Å². The van der Waals surface area contributed by atoms with E-state index in [1.807, 2.05) is 52.8 Å². The molecule has 4 rings (SSSR count). The highest BCUT2D eigenvalue weighted by Crippen LogP contribution is 2.39. The predicted octanol–water partition coefficient (Wildman–Crippen LogP) is 5.77. The number of ether oxygens (including phenoxy) is 5. The summed E-state index contributed by atoms with van der Waals surface area (Å²) in [5.41, 5.74) is 1.65. The van der Waals surface area contributed by atoms with Crippen molar-refractivity contribution in [1.29, 1.82) is 0 Å². The summed E-state index contributed by atoms with van der Waals surface area (Å²) in [6.45, 7) is 15.0. The number of hydrogen-bond acceptors (Lipinski definition) is 12. The monoisotopic (exact) mass is 832 g/mol. The average molecular weight is 832 g/mol. The Morgan fingerprint density at radius 1 is 0.932 bits per heavy atom. The van der Waals surface area contributed by atoms with Crippen LogP contribution in [0.4, 0.5) is 0 Å². The van der Waals surface area contributed by atoms with Crippen LogP contribution in [0.25, 0.3) is 0 Å². The summed E-state index contributed by atoms with van der Waals surface area (Å²) in [6, 6.07) is -1.14. The fraction of sp³-hybridized carbons (Fsp3) is 0.783. The highest BCUT2D eigenvalue weighted by molar-refractivity contribution is 6.39. The first-order chi connectivity index (χ1) is 27.9. The molecule has 1 amide bonds. The van der Waals surface area contributed by atoms with Crippen LogP contribution in [0.2, 0.25) is 0 Å². The van der Waals surface area contributed by atoms with E-state index >= 15 is 0 Å². The predicted molar refractivity (Wildman–Crippen MR) is 222 cm³/mol. The second-order valence-electron chi connectivity index (χ2n) is 17.9. The molecular weight excluding hydrogens is 759 g/mol. The molecule has 1 saturated carbocycles. The Balaban J connectivity index is 1.76. The number of fused-ring (bicyclic) bond motifs is 3. The molecule has 3 aliphatic heterocycles. The molecule has 2 saturated heterocycles. The first-order valence-corrected chi connectivity index (χ1v) is 21.9. The van der Waals surface area contributed by atoms with Crippen molar-refractivity contribution in [3.8, 4) is 0 Å². The van der Waals surface area contributed by atoms with E-state index in [-0.39, 0.29) is 43.4 Å². The zero-order valence-electron chi connectivity index (χ0n) is 37.2. The van der Waals surface area contributed by atoms with Crippen molar-refractivity contribution in [2.75, 3.05) is 20.8 Å². The molecule has 13 nitrogen and oxygen atoms in total. The molecule has 0 aromatic heterocycles. The lowest BCUT2D eigenvalue weighted by Gasteiger charge is -2.47. The summed E-state index contributed by atoms with van der Waals surface area (Å²) in [5.74, 6) is -6.88. The Bertz CT molecular complexity index is 1560. The van der Waals surface area contributed by atoms with Gasteiger partial charge in [-0.3, -0.25) is 14.4 Å². The van der Waals surface area contributed by atoms with Gasteiger partial charge in [0.2, 0.25) is 5.79 Å². The van der Waals surface area contributed by atoms with Crippen LogP contribution in [0.15, 0.2) is 35.1 Å². The van der Waals surface area contributed by atoms with Gasteiger partial charge in [-0.05, 0) is 115 Å². The lowest BCUT2D eigenvalue weighted by Crippen LogP contribution is -2.64. The maximum Gasteiger partial charge on any atom is 0.329 e. The van der Waals surface area contributed by atoms with Gasteiger partial charge in [-0.25, -0.2) is 4.79 Å². The molecule has 334 valence electrons. The van der Waals surface area contributed by atoms with Crippen LogP contribution >= 0.6 is 0 Å². The lowest BCUT2D eigenvalue weighted by atomic mass is 9.81. The molecule has 0 aromatic rings. The van der Waals surface area contributed by atoms with E-state index in [1.165, 1.54) is 19.1 Å². The van der Waals surface area contributed by atoms with E-state index in [9.17, 15) is 34.5 Å². The third-order valence-electron chi connectivity index (χ3n) is 13.3. The topological polar surface area (TPSA) is 178 Å². The van der Waals surface area contributed by atoms with Gasteiger partial charge in [0.05, 0.1) is 30.2 Å². The van der Waals surface area contributed by atoms with E-state index in [0.717, 1.165) is 5.57 Å². The fourth-order valence-corrected chi connectivity index (χ4v) is 9.57. The molecular formula is C46H73NO12. The fourth-order valence-electron chi connectivity index (χ4n) is 9.57. The van der Waals surface area contributed by atoms with Gasteiger partial charge in [-0.2, -0.15) is 0 Å². The molecule has 3 heterocycles. The Labute approximate surface area is 351 Å². The molecule has 0 aromatic carbocycles. The number of hydrogen-bond donors (Lipinski definition) is 3. The van der Waals surface area contributed by atoms with Crippen molar-refractivity contribution in [3.05, 3.63) is 35.1 Å². The zero-order chi connectivity index (χ0) is 43.8. The molecule has 0 spiro atoms. The van der Waals surface area contributed by atoms with Crippen LogP contribution in [0, 0.1) is 29.6 Å². The summed E-state index contributed by atoms with van der Waals surface area (Å²) in [5, 5.41) is 34.5. The van der Waals surface area contributed by atoms with E-state index in [2.05, 4.69) is 6.92 Å². The first kappa shape index (κ1) is 48.7. The van der Waals surface area contributed by atoms with Gasteiger partial charge in [0.25, 0.3) is 11.7 Å². The summed E-state index contributed by atoms with van der Waals surface area (Å²) in [7, 11) is 3.07. The van der Waals surface area contributed by atoms with E-state index in [1.54, 1.807) is 13.8 Å². The molecule has 59 heavy (non-hydrogen) atoms. The third kappa shape index (κ3) is 11.9. The van der Waals surface area contributed by atoms with E-state index < -0.39 is 90.0 Å². The minimum absolute atomic E-state index is 0.0311. The number of piperidine rings is 1. The van der Waals surface area contributed by atoms with Crippen molar-refractivity contribution >= 4 is 23.4 Å². The molecule has 4 aliphatic rings. The van der Waals surface area contributed by atoms with E-state index in [0.29, 0.717) is 62.7 Å². The van der Waals surface area contributed by atoms with Crippen molar-refractivity contribution < 1.29 is 58.2 Å². The summed E-state index contributed by atoms with van der Waals surface area (Å²) in [6.07, 6.45) is 5.29. The van der Waals surface area contributed by atoms with Crippen molar-refractivity contribution in [3.63, 3.8) is 0 Å². The largest absolute Gasteiger partial charge is 0.493 e. The van der Waals surface area contributed by atoms with Crippen LogP contribution < -0.4 is 0 Å². The number of aliphatic hydroxyl groups excluding tert-OH is 2. The van der Waals surface area contributed by atoms with Crippen LogP contribution in [0.3, 0.4) is 0 Å². The smallest absolute Gasteiger partial charge is 0.329 e. The molecule has 1 aliphatic carbocycles. The quantitative estimate of drug-likeness (QED) is 0.122. The summed E-state index contributed by atoms with van der Waals surface area (Å²) in [4.78, 5) is 58.0. The summed E-state index contributed by atoms with van der Waals surface area (Å²) >= 11 is 0. The maximum atomic E-state index is 14.4. The van der Waals surface area contributed by atoms with Crippen molar-refractivity contribution in [1.82, 2.24) is 4.90 Å². The van der Waals surface area contributed by atoms with Crippen molar-refractivity contribution in [2.45, 2.75) is 181 Å². The van der Waals surface area contributed by atoms with E-state index in [4.69, 9.17) is 23.7 Å². The SMILES string of the molecule is CC=C(C)OC1CC(C=C(C)C2OC(=O)C3CCCCN3C(=O)C(=O)C3(O)OC(C(OC)CC(C)CC(C)=CC(CC)C(=O)CC(O)C2C)C(OC)CC3C)CCC1O. The number of Topliss-reactive ketones (excluding diaryl/α,β-unsaturated/α-hetero) is 2. The molecule has 3 N–H and O–H groups in total. The minimum atomic E-state index is -2.51. The Kier molecular flexibility index (Phi) is 17.9. The molecule has 14 atom stereocenters. The molecule has 0 radical (unpaired) electrons. The number of carbonyl (C=O) groups is 4. The maximum absolute atomic E-state index is 14.4. The third-order valence-corrected chi connectivity index (χ3v) is 13.3. The Morgan fingerprint density at radius 2 is 1.61 bits per heavy atom. The lowest BCUT2D eigenvalue weighted by molar-refractivity contribution is -0.302. The highest BCUT2D eigenvalue weighted by Gasteiger charge is 2.56. The van der Waals surface area contributed by atoms with Gasteiger partial charge in [-0.15, -0.1) is 0 Å². The van der Waals surface area contributed by atoms with Gasteiger partial charge in [-0.1, -0.05) is 45.4 Å². The molecule has 2 bridgehead atoms. The molecule has 14 unspecified atom stereocenters. The number of rotatable bonds is 7. The Hall–Kier alpha value is -2.94. The number of nitrogens with zero attached hydrogens (tertiary/aromatic N) is 1. The zero-order valence-corrected chi connectivity index (χ0v) is 37.2. The number of carbonyl (C=O) groups excluding carboxylic acids is 4. The Morgan fingerprint density at radius 3 is 2.25 bits per heavy atom. The summed E-state index contributed by atoms with van der Waals surface area (Å²) < 4.78 is 30.3. The standard InChI is InChI=1S/C46H73NO12/c1-11-30(7)57-38-24-32(16-17-35(38)48)22-28(5)41-31(8)36(49)25-37(50)33(12-2)20-26(3)19-27(4)21-39(55-9)42-40(56-10)23-29(6)46(54,59-42)43(51)44(52)47-18-14-13-15-34(47)45(53)58-41/h11,20,22,27,29,31-36,38-42,48-49,54H,12-19,21,23-25H2,1-10H3. The van der Waals surface area contributed by atoms with Gasteiger partial charge in [0.15, 0.2) is 0 Å². The number of amides is 1. The second kappa shape index (κ2) is 21.7. The van der Waals surface area contributed by atoms with Gasteiger partial charge in [0, 0.05) is 44.9 Å².